The maximum atomic E-state index is 13.1. The van der Waals surface area contributed by atoms with Crippen molar-refractivity contribution in [3.05, 3.63) is 83.9 Å². The Labute approximate surface area is 203 Å². The molecule has 2 N–H and O–H groups in total. The summed E-state index contributed by atoms with van der Waals surface area (Å²) in [5.74, 6) is -1.17. The van der Waals surface area contributed by atoms with Gasteiger partial charge in [0.15, 0.2) is 0 Å². The second-order valence-corrected chi connectivity index (χ2v) is 10.0. The Morgan fingerprint density at radius 2 is 1.66 bits per heavy atom. The van der Waals surface area contributed by atoms with E-state index in [-0.39, 0.29) is 18.4 Å². The summed E-state index contributed by atoms with van der Waals surface area (Å²) in [6, 6.07) is 20.1. The van der Waals surface area contributed by atoms with Crippen molar-refractivity contribution in [2.24, 2.45) is 0 Å². The largest absolute Gasteiger partial charge is 0.325 e. The van der Waals surface area contributed by atoms with Gasteiger partial charge in [-0.1, -0.05) is 30.3 Å². The number of benzene rings is 3. The lowest BCUT2D eigenvalue weighted by molar-refractivity contribution is -0.115. The molecular weight excluding hydrogens is 468 g/mol. The fraction of sp³-hybridized carbons (Fsp3) is 0.160. The topological polar surface area (TPSA) is 116 Å². The van der Waals surface area contributed by atoms with Crippen molar-refractivity contribution in [1.29, 1.82) is 0 Å². The number of carbonyl (C=O) groups excluding carboxylic acids is 3. The highest BCUT2D eigenvalue weighted by Gasteiger charge is 2.27. The number of carbonyl (C=O) groups is 3. The molecule has 3 aromatic carbocycles. The van der Waals surface area contributed by atoms with Crippen LogP contribution in [0.25, 0.3) is 0 Å². The van der Waals surface area contributed by atoms with Crippen molar-refractivity contribution >= 4 is 50.5 Å². The van der Waals surface area contributed by atoms with Gasteiger partial charge in [-0.3, -0.25) is 23.6 Å². The Bertz CT molecular complexity index is 1400. The van der Waals surface area contributed by atoms with Crippen LogP contribution in [0, 0.1) is 6.92 Å². The Kier molecular flexibility index (Phi) is 6.57. The van der Waals surface area contributed by atoms with Crippen LogP contribution in [0.15, 0.2) is 72.8 Å². The lowest BCUT2D eigenvalue weighted by Crippen LogP contribution is -2.42. The second kappa shape index (κ2) is 9.59. The number of rotatable bonds is 6. The zero-order chi connectivity index (χ0) is 25.2. The van der Waals surface area contributed by atoms with Crippen LogP contribution < -0.4 is 19.8 Å². The highest BCUT2D eigenvalue weighted by molar-refractivity contribution is 7.92. The lowest BCUT2D eigenvalue weighted by atomic mass is 10.1. The van der Waals surface area contributed by atoms with Crippen LogP contribution in [0.2, 0.25) is 0 Å². The van der Waals surface area contributed by atoms with Crippen LogP contribution in [0.1, 0.15) is 15.9 Å². The number of hydrogen-bond acceptors (Lipinski definition) is 5. The fourth-order valence-corrected chi connectivity index (χ4v) is 4.74. The zero-order valence-corrected chi connectivity index (χ0v) is 20.0. The number of anilines is 4. The van der Waals surface area contributed by atoms with Crippen molar-refractivity contribution in [3.8, 4) is 0 Å². The third kappa shape index (κ3) is 5.33. The van der Waals surface area contributed by atoms with Gasteiger partial charge in [0, 0.05) is 11.3 Å². The van der Waals surface area contributed by atoms with Gasteiger partial charge < -0.3 is 10.6 Å². The molecule has 1 heterocycles. The van der Waals surface area contributed by atoms with Crippen molar-refractivity contribution < 1.29 is 22.8 Å². The van der Waals surface area contributed by atoms with Crippen LogP contribution in [0.3, 0.4) is 0 Å². The van der Waals surface area contributed by atoms with E-state index >= 15 is 0 Å². The van der Waals surface area contributed by atoms with E-state index in [1.807, 2.05) is 0 Å². The van der Waals surface area contributed by atoms with E-state index in [0.29, 0.717) is 28.3 Å². The first-order valence-corrected chi connectivity index (χ1v) is 12.6. The summed E-state index contributed by atoms with van der Waals surface area (Å²) in [6.45, 7) is 1.27. The molecule has 0 bridgehead atoms. The number of para-hydroxylation sites is 3. The number of hydrogen-bond donors (Lipinski definition) is 2. The van der Waals surface area contributed by atoms with E-state index in [0.717, 1.165) is 16.1 Å². The quantitative estimate of drug-likeness (QED) is 0.549. The van der Waals surface area contributed by atoms with Gasteiger partial charge in [-0.15, -0.1) is 0 Å². The predicted octanol–water partition coefficient (Wildman–Crippen LogP) is 3.00. The number of nitrogens with zero attached hydrogens (tertiary/aromatic N) is 2. The maximum absolute atomic E-state index is 13.1. The molecule has 0 aliphatic carbocycles. The van der Waals surface area contributed by atoms with E-state index in [1.165, 1.54) is 4.90 Å². The van der Waals surface area contributed by atoms with Crippen molar-refractivity contribution in [3.63, 3.8) is 0 Å². The first-order valence-electron chi connectivity index (χ1n) is 10.8. The number of amides is 3. The van der Waals surface area contributed by atoms with Gasteiger partial charge in [0.1, 0.15) is 13.1 Å². The number of sulfonamides is 1. The minimum atomic E-state index is -3.70. The molecular formula is C25H24N4O5S. The maximum Gasteiger partial charge on any atom is 0.258 e. The van der Waals surface area contributed by atoms with E-state index in [2.05, 4.69) is 10.6 Å². The SMILES string of the molecule is Cc1ccccc1N(CC(=O)Nc1ccc(C(=O)N2CC(=O)Nc3ccccc32)cc1)S(C)(=O)=O. The first-order chi connectivity index (χ1) is 16.6. The van der Waals surface area contributed by atoms with Gasteiger partial charge >= 0.3 is 0 Å². The van der Waals surface area contributed by atoms with Gasteiger partial charge in [0.25, 0.3) is 5.91 Å². The van der Waals surface area contributed by atoms with Gasteiger partial charge in [-0.25, -0.2) is 8.42 Å². The standard InChI is InChI=1S/C25H24N4O5S/c1-17-7-3-5-9-21(17)29(35(2,33)34)16-24(31)26-19-13-11-18(12-14-19)25(32)28-15-23(30)27-20-8-4-6-10-22(20)28/h3-14H,15-16H2,1-2H3,(H,26,31)(H,27,30). The van der Waals surface area contributed by atoms with E-state index in [9.17, 15) is 22.8 Å². The molecule has 1 aliphatic rings. The van der Waals surface area contributed by atoms with Crippen LogP contribution in [0.4, 0.5) is 22.7 Å². The minimum Gasteiger partial charge on any atom is -0.325 e. The van der Waals surface area contributed by atoms with Crippen LogP contribution in [-0.2, 0) is 19.6 Å². The normalized spacial score (nSPS) is 13.0. The molecule has 0 atom stereocenters. The van der Waals surface area contributed by atoms with E-state index < -0.39 is 22.5 Å². The Morgan fingerprint density at radius 1 is 1.00 bits per heavy atom. The number of fused-ring (bicyclic) bond motifs is 1. The summed E-state index contributed by atoms with van der Waals surface area (Å²) in [6.07, 6.45) is 1.05. The highest BCUT2D eigenvalue weighted by atomic mass is 32.2. The molecule has 0 aromatic heterocycles. The third-order valence-corrected chi connectivity index (χ3v) is 6.63. The highest BCUT2D eigenvalue weighted by Crippen LogP contribution is 2.30. The van der Waals surface area contributed by atoms with Crippen LogP contribution in [0.5, 0.6) is 0 Å². The molecule has 0 spiro atoms. The van der Waals surface area contributed by atoms with E-state index in [1.54, 1.807) is 79.7 Å². The lowest BCUT2D eigenvalue weighted by Gasteiger charge is -2.29. The molecule has 1 aliphatic heterocycles. The summed E-state index contributed by atoms with van der Waals surface area (Å²) < 4.78 is 25.7. The number of aryl methyl sites for hydroxylation is 1. The van der Waals surface area contributed by atoms with Gasteiger partial charge in [0.05, 0.1) is 23.3 Å². The second-order valence-electron chi connectivity index (χ2n) is 8.14. The van der Waals surface area contributed by atoms with Crippen molar-refractivity contribution in [2.45, 2.75) is 6.92 Å². The molecule has 0 unspecified atom stereocenters. The predicted molar refractivity (Wildman–Crippen MR) is 135 cm³/mol. The van der Waals surface area contributed by atoms with Gasteiger partial charge in [-0.05, 0) is 55.0 Å². The van der Waals surface area contributed by atoms with Crippen molar-refractivity contribution in [1.82, 2.24) is 0 Å². The summed E-state index contributed by atoms with van der Waals surface area (Å²) in [5, 5.41) is 5.41. The van der Waals surface area contributed by atoms with Crippen LogP contribution in [-0.4, -0.2) is 45.5 Å². The average Bonchev–Trinajstić information content (AvgIpc) is 2.82. The molecule has 3 amide bonds. The summed E-state index contributed by atoms with van der Waals surface area (Å²) in [5.41, 5.74) is 3.06. The Balaban J connectivity index is 1.48. The van der Waals surface area contributed by atoms with Crippen molar-refractivity contribution in [2.75, 3.05) is 39.2 Å². The van der Waals surface area contributed by atoms with Gasteiger partial charge in [-0.2, -0.15) is 0 Å². The molecule has 0 saturated carbocycles. The first kappa shape index (κ1) is 24.0. The fourth-order valence-electron chi connectivity index (χ4n) is 3.82. The summed E-state index contributed by atoms with van der Waals surface area (Å²) >= 11 is 0. The Hall–Kier alpha value is -4.18. The smallest absolute Gasteiger partial charge is 0.258 e. The Morgan fingerprint density at radius 3 is 2.34 bits per heavy atom. The summed E-state index contributed by atoms with van der Waals surface area (Å²) in [4.78, 5) is 39.2. The van der Waals surface area contributed by atoms with Crippen LogP contribution >= 0.6 is 0 Å². The zero-order valence-electron chi connectivity index (χ0n) is 19.2. The monoisotopic (exact) mass is 492 g/mol. The molecule has 35 heavy (non-hydrogen) atoms. The summed E-state index contributed by atoms with van der Waals surface area (Å²) in [7, 11) is -3.70. The molecule has 9 nitrogen and oxygen atoms in total. The third-order valence-electron chi connectivity index (χ3n) is 5.50. The molecule has 10 heteroatoms. The molecule has 0 fully saturated rings. The molecule has 180 valence electrons. The molecule has 0 saturated heterocycles. The van der Waals surface area contributed by atoms with Gasteiger partial charge in [0.2, 0.25) is 21.8 Å². The number of nitrogens with one attached hydrogen (secondary N) is 2. The van der Waals surface area contributed by atoms with E-state index in [4.69, 9.17) is 0 Å². The molecule has 0 radical (unpaired) electrons. The minimum absolute atomic E-state index is 0.103. The molecule has 3 aromatic rings. The molecule has 4 rings (SSSR count). The average molecular weight is 493 g/mol.